The van der Waals surface area contributed by atoms with Gasteiger partial charge in [0.15, 0.2) is 0 Å². The van der Waals surface area contributed by atoms with Gasteiger partial charge in [-0.3, -0.25) is 4.79 Å². The highest BCUT2D eigenvalue weighted by atomic mass is 16.5. The number of para-hydroxylation sites is 1. The van der Waals surface area contributed by atoms with Crippen molar-refractivity contribution in [1.29, 1.82) is 0 Å². The van der Waals surface area contributed by atoms with Crippen molar-refractivity contribution >= 4 is 11.6 Å². The Morgan fingerprint density at radius 2 is 1.75 bits per heavy atom. The van der Waals surface area contributed by atoms with Crippen LogP contribution in [0.25, 0.3) is 0 Å². The quantitative estimate of drug-likeness (QED) is 0.214. The van der Waals surface area contributed by atoms with Gasteiger partial charge in [-0.2, -0.15) is 0 Å². The Labute approximate surface area is 237 Å². The van der Waals surface area contributed by atoms with Gasteiger partial charge in [0.2, 0.25) is 5.91 Å². The second-order valence-electron chi connectivity index (χ2n) is 11.2. The van der Waals surface area contributed by atoms with E-state index in [9.17, 15) is 9.90 Å². The number of aryl methyl sites for hydroxylation is 3. The third-order valence-corrected chi connectivity index (χ3v) is 8.07. The number of nitrogens with one attached hydrogen (secondary N) is 1. The van der Waals surface area contributed by atoms with Crippen molar-refractivity contribution in [2.24, 2.45) is 11.8 Å². The summed E-state index contributed by atoms with van der Waals surface area (Å²) in [6.07, 6.45) is 9.12. The standard InChI is InChI=1S/C35H40N2O3/c1-26-9-13-29(17-20-37-18-5-6-19-37)31(21-26)24-35(39)36-32-15-11-27(12-16-32)22-28-10-14-30(23-28)34(38)25-40-33-7-3-2-4-8-33/h2-9,11-13,15-16,18-19,21,28,30,34,38H,10,14,17,20,22-25H2,1H3,(H,36,39)/t28-,30-,34+/m0/s1. The van der Waals surface area contributed by atoms with Crippen LogP contribution in [-0.4, -0.2) is 28.3 Å². The fourth-order valence-corrected chi connectivity index (χ4v) is 5.85. The van der Waals surface area contributed by atoms with Gasteiger partial charge in [0.25, 0.3) is 0 Å². The number of ether oxygens (including phenoxy) is 1. The van der Waals surface area contributed by atoms with Crippen LogP contribution in [0.4, 0.5) is 5.69 Å². The molecule has 0 unspecified atom stereocenters. The Hall–Kier alpha value is -3.83. The van der Waals surface area contributed by atoms with Crippen LogP contribution in [0, 0.1) is 18.8 Å². The lowest BCUT2D eigenvalue weighted by atomic mass is 9.95. The maximum atomic E-state index is 12.9. The molecule has 0 radical (unpaired) electrons. The molecule has 40 heavy (non-hydrogen) atoms. The van der Waals surface area contributed by atoms with Gasteiger partial charge in [-0.1, -0.05) is 54.1 Å². The molecule has 1 fully saturated rings. The van der Waals surface area contributed by atoms with Gasteiger partial charge in [-0.15, -0.1) is 0 Å². The number of carbonyl (C=O) groups is 1. The summed E-state index contributed by atoms with van der Waals surface area (Å²) in [5, 5.41) is 13.7. The minimum absolute atomic E-state index is 0.00547. The minimum Gasteiger partial charge on any atom is -0.491 e. The van der Waals surface area contributed by atoms with Gasteiger partial charge in [0.1, 0.15) is 12.4 Å². The van der Waals surface area contributed by atoms with E-state index in [4.69, 9.17) is 4.74 Å². The fourth-order valence-electron chi connectivity index (χ4n) is 5.85. The number of nitrogens with zero attached hydrogens (tertiary/aromatic N) is 1. The zero-order chi connectivity index (χ0) is 27.7. The van der Waals surface area contributed by atoms with Crippen molar-refractivity contribution in [3.8, 4) is 5.75 Å². The lowest BCUT2D eigenvalue weighted by Gasteiger charge is -2.19. The van der Waals surface area contributed by atoms with Crippen molar-refractivity contribution < 1.29 is 14.6 Å². The topological polar surface area (TPSA) is 63.5 Å². The van der Waals surface area contributed by atoms with E-state index in [1.165, 1.54) is 16.7 Å². The Morgan fingerprint density at radius 3 is 2.52 bits per heavy atom. The average Bonchev–Trinajstić information content (AvgIpc) is 3.66. The highest BCUT2D eigenvalue weighted by Crippen LogP contribution is 2.35. The van der Waals surface area contributed by atoms with E-state index in [1.807, 2.05) is 54.6 Å². The Kier molecular flexibility index (Phi) is 9.35. The van der Waals surface area contributed by atoms with Crippen molar-refractivity contribution in [2.75, 3.05) is 11.9 Å². The summed E-state index contributed by atoms with van der Waals surface area (Å²) in [4.78, 5) is 12.9. The van der Waals surface area contributed by atoms with Gasteiger partial charge in [-0.25, -0.2) is 0 Å². The molecule has 3 atom stereocenters. The third kappa shape index (κ3) is 7.86. The number of hydrogen-bond donors (Lipinski definition) is 2. The minimum atomic E-state index is -0.439. The Morgan fingerprint density at radius 1 is 0.975 bits per heavy atom. The summed E-state index contributed by atoms with van der Waals surface area (Å²) >= 11 is 0. The molecule has 1 aliphatic rings. The molecule has 1 amide bonds. The maximum Gasteiger partial charge on any atom is 0.228 e. The van der Waals surface area contributed by atoms with Gasteiger partial charge in [0.05, 0.1) is 12.5 Å². The molecular formula is C35H40N2O3. The van der Waals surface area contributed by atoms with Crippen LogP contribution >= 0.6 is 0 Å². The van der Waals surface area contributed by atoms with Crippen molar-refractivity contribution in [1.82, 2.24) is 4.57 Å². The highest BCUT2D eigenvalue weighted by Gasteiger charge is 2.30. The van der Waals surface area contributed by atoms with Gasteiger partial charge in [-0.05, 0) is 104 Å². The van der Waals surface area contributed by atoms with Crippen LogP contribution < -0.4 is 10.1 Å². The number of carbonyl (C=O) groups excluding carboxylic acids is 1. The number of rotatable bonds is 12. The number of amides is 1. The van der Waals surface area contributed by atoms with E-state index >= 15 is 0 Å². The summed E-state index contributed by atoms with van der Waals surface area (Å²) in [7, 11) is 0. The smallest absolute Gasteiger partial charge is 0.228 e. The molecule has 0 spiro atoms. The summed E-state index contributed by atoms with van der Waals surface area (Å²) in [6, 6.07) is 28.4. The molecule has 5 nitrogen and oxygen atoms in total. The second-order valence-corrected chi connectivity index (χ2v) is 11.2. The van der Waals surface area contributed by atoms with E-state index in [2.05, 4.69) is 59.5 Å². The maximum absolute atomic E-state index is 12.9. The SMILES string of the molecule is Cc1ccc(CCn2cccc2)c(CC(=O)Nc2ccc(C[C@@H]3CC[C@H]([C@H](O)COc4ccccc4)C3)cc2)c1. The molecular weight excluding hydrogens is 496 g/mol. The normalized spacial score (nSPS) is 17.4. The predicted octanol–water partition coefficient (Wildman–Crippen LogP) is 6.62. The van der Waals surface area contributed by atoms with Crippen molar-refractivity contribution in [2.45, 2.75) is 58.1 Å². The molecule has 208 valence electrons. The van der Waals surface area contributed by atoms with Crippen LogP contribution in [0.1, 0.15) is 41.5 Å². The predicted molar refractivity (Wildman–Crippen MR) is 161 cm³/mol. The Bertz CT molecular complexity index is 1350. The molecule has 1 heterocycles. The first kappa shape index (κ1) is 27.7. The molecule has 1 aliphatic carbocycles. The molecule has 0 aliphatic heterocycles. The second kappa shape index (κ2) is 13.5. The average molecular weight is 537 g/mol. The number of anilines is 1. The molecule has 0 saturated heterocycles. The summed E-state index contributed by atoms with van der Waals surface area (Å²) < 4.78 is 7.94. The monoisotopic (exact) mass is 536 g/mol. The summed E-state index contributed by atoms with van der Waals surface area (Å²) in [5.41, 5.74) is 5.57. The van der Waals surface area contributed by atoms with E-state index in [0.717, 1.165) is 55.6 Å². The largest absolute Gasteiger partial charge is 0.491 e. The highest BCUT2D eigenvalue weighted by molar-refractivity contribution is 5.92. The first-order chi connectivity index (χ1) is 19.5. The molecule has 5 heteroatoms. The number of benzene rings is 3. The van der Waals surface area contributed by atoms with Gasteiger partial charge >= 0.3 is 0 Å². The number of aliphatic hydroxyl groups is 1. The van der Waals surface area contributed by atoms with E-state index in [-0.39, 0.29) is 11.8 Å². The van der Waals surface area contributed by atoms with Crippen LogP contribution in [0.15, 0.2) is 97.3 Å². The summed E-state index contributed by atoms with van der Waals surface area (Å²) in [5.74, 6) is 1.64. The van der Waals surface area contributed by atoms with Gasteiger partial charge < -0.3 is 19.7 Å². The zero-order valence-corrected chi connectivity index (χ0v) is 23.3. The zero-order valence-electron chi connectivity index (χ0n) is 23.3. The van der Waals surface area contributed by atoms with Crippen LogP contribution in [0.3, 0.4) is 0 Å². The molecule has 3 aromatic carbocycles. The summed E-state index contributed by atoms with van der Waals surface area (Å²) in [6.45, 7) is 3.31. The van der Waals surface area contributed by atoms with E-state index < -0.39 is 6.10 Å². The molecule has 5 rings (SSSR count). The lowest BCUT2D eigenvalue weighted by Crippen LogP contribution is -2.25. The van der Waals surface area contributed by atoms with Crippen molar-refractivity contribution in [3.05, 3.63) is 120 Å². The molecule has 1 aromatic heterocycles. The molecule has 1 saturated carbocycles. The number of aliphatic hydroxyl groups excluding tert-OH is 1. The van der Waals surface area contributed by atoms with Gasteiger partial charge in [0, 0.05) is 24.6 Å². The van der Waals surface area contributed by atoms with E-state index in [0.29, 0.717) is 18.9 Å². The number of aromatic nitrogens is 1. The fraction of sp³-hybridized carbons (Fsp3) is 0.343. The number of hydrogen-bond acceptors (Lipinski definition) is 3. The lowest BCUT2D eigenvalue weighted by molar-refractivity contribution is -0.115. The van der Waals surface area contributed by atoms with Crippen LogP contribution in [0.5, 0.6) is 5.75 Å². The Balaban J connectivity index is 1.08. The third-order valence-electron chi connectivity index (χ3n) is 8.07. The van der Waals surface area contributed by atoms with Crippen molar-refractivity contribution in [3.63, 3.8) is 0 Å². The first-order valence-electron chi connectivity index (χ1n) is 14.5. The van der Waals surface area contributed by atoms with Crippen LogP contribution in [0.2, 0.25) is 0 Å². The molecule has 2 N–H and O–H groups in total. The van der Waals surface area contributed by atoms with Crippen LogP contribution in [-0.2, 0) is 30.6 Å². The molecule has 0 bridgehead atoms. The van der Waals surface area contributed by atoms with E-state index in [1.54, 1.807) is 0 Å². The molecule has 4 aromatic rings. The first-order valence-corrected chi connectivity index (χ1v) is 14.5.